The summed E-state index contributed by atoms with van der Waals surface area (Å²) in [6.07, 6.45) is 2.05. The number of hydrogen-bond donors (Lipinski definition) is 3. The largest absolute Gasteiger partial charge is 0.497 e. The van der Waals surface area contributed by atoms with Gasteiger partial charge in [0.2, 0.25) is 0 Å². The fourth-order valence-corrected chi connectivity index (χ4v) is 4.54. The van der Waals surface area contributed by atoms with Gasteiger partial charge in [-0.05, 0) is 85.6 Å². The van der Waals surface area contributed by atoms with Crippen LogP contribution in [0.4, 0.5) is 5.69 Å². The van der Waals surface area contributed by atoms with Gasteiger partial charge in [0.1, 0.15) is 18.1 Å². The van der Waals surface area contributed by atoms with Crippen molar-refractivity contribution in [2.24, 2.45) is 0 Å². The molecule has 0 aliphatic carbocycles. The molecule has 39 heavy (non-hydrogen) atoms. The first-order chi connectivity index (χ1) is 19.1. The molecule has 0 aliphatic rings. The Kier molecular flexibility index (Phi) is 8.19. The van der Waals surface area contributed by atoms with Gasteiger partial charge in [-0.3, -0.25) is 9.59 Å². The molecule has 0 atom stereocenters. The van der Waals surface area contributed by atoms with Crippen LogP contribution in [0.15, 0.2) is 95.8 Å². The standard InChI is InChI=1S/C32H31N3O4/c1-38-24-15-11-22(12-16-24)6-5-19-33-20-21-39-25-17-13-23(14-18-25)34-32(37)28-9-4-8-27-30(28)35-29-10-3-2-7-26(29)31(27)36/h2-4,7-18,33H,5-6,19-21H2,1H3,(H,34,37)(H,35,36). The summed E-state index contributed by atoms with van der Waals surface area (Å²) in [4.78, 5) is 29.3. The van der Waals surface area contributed by atoms with Gasteiger partial charge in [0.05, 0.1) is 18.2 Å². The van der Waals surface area contributed by atoms with Crippen molar-refractivity contribution < 1.29 is 14.3 Å². The summed E-state index contributed by atoms with van der Waals surface area (Å²) in [5.74, 6) is 1.31. The maximum atomic E-state index is 13.1. The number of carbonyl (C=O) groups is 1. The third-order valence-corrected chi connectivity index (χ3v) is 6.62. The molecule has 7 nitrogen and oxygen atoms in total. The molecule has 1 aromatic heterocycles. The van der Waals surface area contributed by atoms with E-state index in [9.17, 15) is 9.59 Å². The monoisotopic (exact) mass is 521 g/mol. The highest BCUT2D eigenvalue weighted by molar-refractivity contribution is 6.13. The lowest BCUT2D eigenvalue weighted by atomic mass is 10.1. The van der Waals surface area contributed by atoms with Gasteiger partial charge in [0, 0.05) is 28.5 Å². The highest BCUT2D eigenvalue weighted by Gasteiger charge is 2.14. The Morgan fingerprint density at radius 3 is 2.36 bits per heavy atom. The highest BCUT2D eigenvalue weighted by Crippen LogP contribution is 2.21. The Balaban J connectivity index is 1.10. The molecule has 0 aliphatic heterocycles. The molecular formula is C32H31N3O4. The maximum absolute atomic E-state index is 13.1. The van der Waals surface area contributed by atoms with E-state index in [0.29, 0.717) is 39.7 Å². The van der Waals surface area contributed by atoms with Crippen LogP contribution in [0.1, 0.15) is 22.3 Å². The molecule has 198 valence electrons. The number of anilines is 1. The third kappa shape index (κ3) is 6.27. The molecule has 0 fully saturated rings. The second-order valence-corrected chi connectivity index (χ2v) is 9.26. The molecule has 3 N–H and O–H groups in total. The molecule has 0 saturated carbocycles. The van der Waals surface area contributed by atoms with Crippen LogP contribution in [0.25, 0.3) is 21.8 Å². The lowest BCUT2D eigenvalue weighted by Gasteiger charge is -2.11. The molecule has 0 radical (unpaired) electrons. The van der Waals surface area contributed by atoms with Gasteiger partial charge in [-0.25, -0.2) is 0 Å². The van der Waals surface area contributed by atoms with E-state index in [4.69, 9.17) is 9.47 Å². The van der Waals surface area contributed by atoms with Crippen LogP contribution in [-0.2, 0) is 6.42 Å². The van der Waals surface area contributed by atoms with Crippen molar-refractivity contribution >= 4 is 33.4 Å². The number of methoxy groups -OCH3 is 1. The van der Waals surface area contributed by atoms with Crippen LogP contribution >= 0.6 is 0 Å². The summed E-state index contributed by atoms with van der Waals surface area (Å²) >= 11 is 0. The molecule has 0 unspecified atom stereocenters. The van der Waals surface area contributed by atoms with Crippen LogP contribution in [0.2, 0.25) is 0 Å². The Morgan fingerprint density at radius 2 is 1.56 bits per heavy atom. The Bertz CT molecular complexity index is 1630. The second-order valence-electron chi connectivity index (χ2n) is 9.26. The summed E-state index contributed by atoms with van der Waals surface area (Å²) in [7, 11) is 1.67. The van der Waals surface area contributed by atoms with Gasteiger partial charge in [0.15, 0.2) is 5.43 Å². The molecular weight excluding hydrogens is 490 g/mol. The summed E-state index contributed by atoms with van der Waals surface area (Å²) in [5, 5.41) is 7.41. The lowest BCUT2D eigenvalue weighted by molar-refractivity contribution is 0.102. The van der Waals surface area contributed by atoms with Gasteiger partial charge in [-0.15, -0.1) is 0 Å². The average Bonchev–Trinajstić information content (AvgIpc) is 2.97. The molecule has 5 aromatic rings. The Labute approximate surface area is 226 Å². The van der Waals surface area contributed by atoms with Crippen molar-refractivity contribution in [3.05, 3.63) is 112 Å². The first-order valence-corrected chi connectivity index (χ1v) is 13.0. The number of ether oxygens (including phenoxy) is 2. The van der Waals surface area contributed by atoms with E-state index in [-0.39, 0.29) is 11.3 Å². The highest BCUT2D eigenvalue weighted by atomic mass is 16.5. The predicted molar refractivity (Wildman–Crippen MR) is 156 cm³/mol. The number of fused-ring (bicyclic) bond motifs is 2. The number of carbonyl (C=O) groups excluding carboxylic acids is 1. The minimum atomic E-state index is -0.293. The van der Waals surface area contributed by atoms with Gasteiger partial charge < -0.3 is 25.1 Å². The van der Waals surface area contributed by atoms with Gasteiger partial charge in [0.25, 0.3) is 5.91 Å². The van der Waals surface area contributed by atoms with E-state index < -0.39 is 0 Å². The fraction of sp³-hybridized carbons (Fsp3) is 0.188. The summed E-state index contributed by atoms with van der Waals surface area (Å²) < 4.78 is 11.0. The number of amides is 1. The zero-order valence-electron chi connectivity index (χ0n) is 21.8. The predicted octanol–water partition coefficient (Wildman–Crippen LogP) is 5.54. The quantitative estimate of drug-likeness (QED) is 0.157. The number of hydrogen-bond acceptors (Lipinski definition) is 5. The maximum Gasteiger partial charge on any atom is 0.257 e. The normalized spacial score (nSPS) is 11.0. The number of H-pyrrole nitrogens is 1. The van der Waals surface area contributed by atoms with Crippen LogP contribution in [0.5, 0.6) is 11.5 Å². The van der Waals surface area contributed by atoms with Crippen LogP contribution in [0, 0.1) is 0 Å². The van der Waals surface area contributed by atoms with E-state index in [1.165, 1.54) is 5.56 Å². The first kappa shape index (κ1) is 26.0. The smallest absolute Gasteiger partial charge is 0.257 e. The SMILES string of the molecule is COc1ccc(CCCNCCOc2ccc(NC(=O)c3cccc4c(=O)c5ccccc5[nH]c34)cc2)cc1. The fourth-order valence-electron chi connectivity index (χ4n) is 4.54. The van der Waals surface area contributed by atoms with E-state index >= 15 is 0 Å². The number of para-hydroxylation sites is 2. The molecule has 0 bridgehead atoms. The van der Waals surface area contributed by atoms with Crippen LogP contribution in [-0.4, -0.2) is 37.7 Å². The molecule has 0 spiro atoms. The lowest BCUT2D eigenvalue weighted by Crippen LogP contribution is -2.22. The molecule has 1 heterocycles. The zero-order chi connectivity index (χ0) is 27.0. The van der Waals surface area contributed by atoms with Gasteiger partial charge in [-0.1, -0.05) is 30.3 Å². The Hall–Kier alpha value is -4.62. The summed E-state index contributed by atoms with van der Waals surface area (Å²) in [6.45, 7) is 2.20. The van der Waals surface area contributed by atoms with E-state index in [1.54, 1.807) is 43.5 Å². The number of aryl methyl sites for hydroxylation is 1. The molecule has 5 rings (SSSR count). The minimum absolute atomic E-state index is 0.0952. The van der Waals surface area contributed by atoms with Crippen molar-refractivity contribution in [2.75, 3.05) is 32.1 Å². The number of nitrogens with one attached hydrogen (secondary N) is 3. The summed E-state index contributed by atoms with van der Waals surface area (Å²) in [5.41, 5.74) is 3.47. The summed E-state index contributed by atoms with van der Waals surface area (Å²) in [6, 6.07) is 27.9. The molecule has 0 saturated heterocycles. The van der Waals surface area contributed by atoms with Gasteiger partial charge in [-0.2, -0.15) is 0 Å². The van der Waals surface area contributed by atoms with Crippen LogP contribution < -0.4 is 25.5 Å². The minimum Gasteiger partial charge on any atom is -0.497 e. The van der Waals surface area contributed by atoms with Crippen molar-refractivity contribution in [1.82, 2.24) is 10.3 Å². The van der Waals surface area contributed by atoms with E-state index in [0.717, 1.165) is 37.4 Å². The number of benzene rings is 4. The van der Waals surface area contributed by atoms with Crippen LogP contribution in [0.3, 0.4) is 0 Å². The molecule has 1 amide bonds. The topological polar surface area (TPSA) is 92.4 Å². The second kappa shape index (κ2) is 12.3. The van der Waals surface area contributed by atoms with Crippen molar-refractivity contribution in [2.45, 2.75) is 12.8 Å². The van der Waals surface area contributed by atoms with Crippen molar-refractivity contribution in [3.8, 4) is 11.5 Å². The van der Waals surface area contributed by atoms with E-state index in [2.05, 4.69) is 27.8 Å². The van der Waals surface area contributed by atoms with Gasteiger partial charge >= 0.3 is 0 Å². The molecule has 7 heteroatoms. The number of rotatable bonds is 11. The first-order valence-electron chi connectivity index (χ1n) is 13.0. The molecule has 4 aromatic carbocycles. The third-order valence-electron chi connectivity index (χ3n) is 6.62. The number of aromatic amines is 1. The zero-order valence-corrected chi connectivity index (χ0v) is 21.8. The number of pyridine rings is 1. The average molecular weight is 522 g/mol. The van der Waals surface area contributed by atoms with Crippen molar-refractivity contribution in [3.63, 3.8) is 0 Å². The van der Waals surface area contributed by atoms with E-state index in [1.807, 2.05) is 42.5 Å². The van der Waals surface area contributed by atoms with Crippen molar-refractivity contribution in [1.29, 1.82) is 0 Å². The number of aromatic nitrogens is 1. The Morgan fingerprint density at radius 1 is 0.821 bits per heavy atom.